The molecule has 0 radical (unpaired) electrons. The van der Waals surface area contributed by atoms with Gasteiger partial charge in [-0.15, -0.1) is 11.3 Å². The van der Waals surface area contributed by atoms with Crippen molar-refractivity contribution in [3.05, 3.63) is 20.8 Å². The van der Waals surface area contributed by atoms with Gasteiger partial charge in [0.1, 0.15) is 0 Å². The lowest BCUT2D eigenvalue weighted by atomic mass is 9.93. The van der Waals surface area contributed by atoms with Crippen molar-refractivity contribution in [2.24, 2.45) is 4.99 Å². The molecule has 306 valence electrons. The van der Waals surface area contributed by atoms with Gasteiger partial charge >= 0.3 is 5.97 Å². The molecule has 0 saturated carbocycles. The maximum absolute atomic E-state index is 13.3. The lowest BCUT2D eigenvalue weighted by Crippen LogP contribution is -2.39. The number of halogens is 1. The number of hydrogen-bond acceptors (Lipinski definition) is 5. The van der Waals surface area contributed by atoms with Gasteiger partial charge in [-0.2, -0.15) is 0 Å². The van der Waals surface area contributed by atoms with Crippen LogP contribution in [0.2, 0.25) is 0 Å². The van der Waals surface area contributed by atoms with Crippen LogP contribution in [-0.2, 0) is 14.3 Å². The summed E-state index contributed by atoms with van der Waals surface area (Å²) in [4.78, 5) is 19.1. The van der Waals surface area contributed by atoms with Gasteiger partial charge in [-0.25, -0.2) is 9.79 Å². The van der Waals surface area contributed by atoms with Gasteiger partial charge in [-0.1, -0.05) is 231 Å². The van der Waals surface area contributed by atoms with E-state index in [1.54, 1.807) is 11.3 Å². The number of carbonyl (C=O) groups is 1. The predicted octanol–water partition coefficient (Wildman–Crippen LogP) is 16.4. The third kappa shape index (κ3) is 23.2. The highest BCUT2D eigenvalue weighted by Gasteiger charge is 2.46. The van der Waals surface area contributed by atoms with E-state index in [-0.39, 0.29) is 5.97 Å². The molecule has 1 fully saturated rings. The molecule has 1 unspecified atom stereocenters. The molecule has 2 aliphatic rings. The second-order valence-electron chi connectivity index (χ2n) is 16.8. The van der Waals surface area contributed by atoms with Crippen molar-refractivity contribution in [1.29, 1.82) is 0 Å². The van der Waals surface area contributed by atoms with Crippen LogP contribution in [0.1, 0.15) is 249 Å². The maximum atomic E-state index is 13.3. The van der Waals surface area contributed by atoms with E-state index in [1.807, 2.05) is 12.1 Å². The van der Waals surface area contributed by atoms with E-state index in [2.05, 4.69) is 15.9 Å². The minimum atomic E-state index is -0.891. The topological polar surface area (TPSA) is 47.9 Å². The number of ether oxygens (including phenoxy) is 2. The Labute approximate surface area is 340 Å². The second kappa shape index (κ2) is 32.4. The first-order chi connectivity index (χ1) is 26.2. The van der Waals surface area contributed by atoms with Gasteiger partial charge in [0.2, 0.25) is 5.90 Å². The second-order valence-corrected chi connectivity index (χ2v) is 19.3. The molecule has 6 heteroatoms. The molecule has 0 N–H and O–H groups in total. The first-order valence-corrected chi connectivity index (χ1v) is 25.0. The van der Waals surface area contributed by atoms with Gasteiger partial charge in [-0.05, 0) is 40.9 Å². The standard InChI is InChI=1S/C47H82BrNO3S/c48-44-39-38-43(53-44)45-49-47(46(50)52-45)40-36-34-32-30-28-26-24-22-20-18-16-14-12-10-8-6-4-2-1-3-5-7-9-11-13-15-17-19-21-23-25-27-29-31-33-35-37-41-51-42-47/h38-39H,1-37,40-42H2. The fourth-order valence-corrected chi connectivity index (χ4v) is 9.66. The number of hydrogen-bond donors (Lipinski definition) is 0. The molecule has 1 spiro atoms. The molecule has 3 heterocycles. The first kappa shape index (κ1) is 46.7. The van der Waals surface area contributed by atoms with Crippen LogP contribution in [0.5, 0.6) is 0 Å². The normalized spacial score (nSPS) is 25.4. The van der Waals surface area contributed by atoms with Crippen LogP contribution in [0.3, 0.4) is 0 Å². The number of nitrogens with zero attached hydrogens (tertiary/aromatic N) is 1. The Morgan fingerprint density at radius 2 is 0.792 bits per heavy atom. The average molecular weight is 821 g/mol. The summed E-state index contributed by atoms with van der Waals surface area (Å²) in [5.74, 6) is 0.241. The summed E-state index contributed by atoms with van der Waals surface area (Å²) in [7, 11) is 0. The van der Waals surface area contributed by atoms with Gasteiger partial charge in [0.05, 0.1) is 15.3 Å². The summed E-state index contributed by atoms with van der Waals surface area (Å²) in [5.41, 5.74) is -0.891. The Morgan fingerprint density at radius 3 is 1.11 bits per heavy atom. The van der Waals surface area contributed by atoms with Crippen LogP contribution >= 0.6 is 27.3 Å². The Bertz CT molecular complexity index is 999. The lowest BCUT2D eigenvalue weighted by Gasteiger charge is -2.22. The first-order valence-electron chi connectivity index (χ1n) is 23.4. The highest BCUT2D eigenvalue weighted by molar-refractivity contribution is 9.11. The van der Waals surface area contributed by atoms with Crippen molar-refractivity contribution in [3.8, 4) is 0 Å². The van der Waals surface area contributed by atoms with Crippen LogP contribution in [0.4, 0.5) is 0 Å². The number of carbonyl (C=O) groups excluding carboxylic acids is 1. The monoisotopic (exact) mass is 820 g/mol. The zero-order valence-electron chi connectivity index (χ0n) is 34.4. The summed E-state index contributed by atoms with van der Waals surface area (Å²) >= 11 is 5.10. The maximum Gasteiger partial charge on any atom is 0.343 e. The summed E-state index contributed by atoms with van der Waals surface area (Å²) in [6.07, 6.45) is 51.9. The third-order valence-electron chi connectivity index (χ3n) is 11.9. The Hall–Kier alpha value is -0.720. The van der Waals surface area contributed by atoms with E-state index >= 15 is 0 Å². The number of thiophene rings is 1. The van der Waals surface area contributed by atoms with Crippen LogP contribution in [0, 0.1) is 0 Å². The fourth-order valence-electron chi connectivity index (χ4n) is 8.35. The summed E-state index contributed by atoms with van der Waals surface area (Å²) in [5, 5.41) is 0. The highest BCUT2D eigenvalue weighted by Crippen LogP contribution is 2.33. The minimum absolute atomic E-state index is 0.228. The van der Waals surface area contributed by atoms with Crippen LogP contribution in [-0.4, -0.2) is 30.6 Å². The molecule has 3 rings (SSSR count). The zero-order chi connectivity index (χ0) is 37.3. The SMILES string of the molecule is O=C1OC(c2ccc(Br)s2)=NC12CCCCCCCCCCCCCCCCCCCCCCCCCCCCCCCCCCCCCCCOC2. The summed E-state index contributed by atoms with van der Waals surface area (Å²) in [6.45, 7) is 1.03. The highest BCUT2D eigenvalue weighted by atomic mass is 79.9. The molecule has 1 aromatic rings. The fraction of sp³-hybridized carbons (Fsp3) is 0.872. The zero-order valence-corrected chi connectivity index (χ0v) is 36.8. The molecular formula is C47H82BrNO3S. The summed E-state index contributed by atoms with van der Waals surface area (Å²) < 4.78 is 13.0. The molecule has 0 bridgehead atoms. The van der Waals surface area contributed by atoms with E-state index in [4.69, 9.17) is 14.5 Å². The largest absolute Gasteiger partial charge is 0.404 e. The Balaban J connectivity index is 1.32. The Kier molecular flexibility index (Phi) is 28.5. The van der Waals surface area contributed by atoms with E-state index in [0.29, 0.717) is 25.5 Å². The molecule has 1 atom stereocenters. The van der Waals surface area contributed by atoms with Crippen molar-refractivity contribution in [2.75, 3.05) is 13.2 Å². The van der Waals surface area contributed by atoms with Crippen molar-refractivity contribution in [1.82, 2.24) is 0 Å². The summed E-state index contributed by atoms with van der Waals surface area (Å²) in [6, 6.07) is 3.97. The van der Waals surface area contributed by atoms with E-state index in [0.717, 1.165) is 27.9 Å². The van der Waals surface area contributed by atoms with Crippen molar-refractivity contribution in [3.63, 3.8) is 0 Å². The van der Waals surface area contributed by atoms with Crippen molar-refractivity contribution in [2.45, 2.75) is 250 Å². The molecule has 1 saturated heterocycles. The lowest BCUT2D eigenvalue weighted by molar-refractivity contribution is -0.141. The van der Waals surface area contributed by atoms with Crippen molar-refractivity contribution >= 4 is 39.1 Å². The number of cyclic esters (lactones) is 1. The van der Waals surface area contributed by atoms with Crippen LogP contribution < -0.4 is 0 Å². The van der Waals surface area contributed by atoms with Gasteiger partial charge in [0, 0.05) is 6.61 Å². The average Bonchev–Trinajstić information content (AvgIpc) is 3.74. The molecular weight excluding hydrogens is 738 g/mol. The number of rotatable bonds is 1. The molecule has 53 heavy (non-hydrogen) atoms. The minimum Gasteiger partial charge on any atom is -0.404 e. The van der Waals surface area contributed by atoms with Crippen LogP contribution in [0.15, 0.2) is 20.9 Å². The van der Waals surface area contributed by atoms with Crippen LogP contribution in [0.25, 0.3) is 0 Å². The number of esters is 1. The van der Waals surface area contributed by atoms with E-state index in [9.17, 15) is 4.79 Å². The Morgan fingerprint density at radius 1 is 0.472 bits per heavy atom. The van der Waals surface area contributed by atoms with E-state index < -0.39 is 5.54 Å². The molecule has 0 amide bonds. The molecule has 0 aromatic carbocycles. The predicted molar refractivity (Wildman–Crippen MR) is 234 cm³/mol. The molecule has 0 aliphatic carbocycles. The van der Waals surface area contributed by atoms with Crippen molar-refractivity contribution < 1.29 is 14.3 Å². The number of aliphatic imine (C=N–C) groups is 1. The van der Waals surface area contributed by atoms with Gasteiger partial charge in [-0.3, -0.25) is 0 Å². The van der Waals surface area contributed by atoms with Gasteiger partial charge in [0.25, 0.3) is 0 Å². The molecule has 4 nitrogen and oxygen atoms in total. The van der Waals surface area contributed by atoms with Gasteiger partial charge in [0.15, 0.2) is 5.54 Å². The quantitative estimate of drug-likeness (QED) is 0.265. The molecule has 2 aliphatic heterocycles. The smallest absolute Gasteiger partial charge is 0.343 e. The molecule has 1 aromatic heterocycles. The third-order valence-corrected chi connectivity index (χ3v) is 13.5. The van der Waals surface area contributed by atoms with Gasteiger partial charge < -0.3 is 9.47 Å². The van der Waals surface area contributed by atoms with E-state index in [1.165, 1.54) is 218 Å².